The van der Waals surface area contributed by atoms with E-state index >= 15 is 0 Å². The summed E-state index contributed by atoms with van der Waals surface area (Å²) in [6.45, 7) is 1.01. The summed E-state index contributed by atoms with van der Waals surface area (Å²) in [4.78, 5) is 19.5. The molecule has 0 atom stereocenters. The molecule has 0 aliphatic heterocycles. The Balaban J connectivity index is 1.78. The van der Waals surface area contributed by atoms with E-state index in [1.165, 1.54) is 0 Å². The van der Waals surface area contributed by atoms with Crippen molar-refractivity contribution in [1.82, 2.24) is 9.97 Å². The molecule has 1 aromatic carbocycles. The summed E-state index contributed by atoms with van der Waals surface area (Å²) in [6, 6.07) is 5.14. The zero-order valence-corrected chi connectivity index (χ0v) is 17.4. The molecule has 5 N–H and O–H groups in total. The molecule has 0 spiro atoms. The number of anilines is 2. The standard InChI is InChI=1S/C19H24Cl2N6O2/c20-14-5-6-15(21)13(8-14)10-24-19-25-16(17(27(28)29)18(23)26-19)7-11-1-3-12(9-22)4-2-11/h5-6,8,11-12H,1-4,7,9-10,22H2,(H3,23,24,25,26). The lowest BCUT2D eigenvalue weighted by Gasteiger charge is -2.27. The minimum absolute atomic E-state index is 0.143. The number of aromatic nitrogens is 2. The van der Waals surface area contributed by atoms with Crippen molar-refractivity contribution in [3.63, 3.8) is 0 Å². The number of nitro groups is 1. The lowest BCUT2D eigenvalue weighted by atomic mass is 9.80. The Morgan fingerprint density at radius 1 is 1.17 bits per heavy atom. The van der Waals surface area contributed by atoms with Crippen molar-refractivity contribution in [3.8, 4) is 0 Å². The number of hydrogen-bond donors (Lipinski definition) is 3. The molecule has 1 saturated carbocycles. The molecule has 29 heavy (non-hydrogen) atoms. The van der Waals surface area contributed by atoms with Gasteiger partial charge in [-0.15, -0.1) is 0 Å². The molecule has 3 rings (SSSR count). The molecule has 0 amide bonds. The second kappa shape index (κ2) is 9.56. The number of benzene rings is 1. The van der Waals surface area contributed by atoms with Gasteiger partial charge in [0, 0.05) is 16.6 Å². The molecule has 10 heteroatoms. The van der Waals surface area contributed by atoms with Gasteiger partial charge >= 0.3 is 5.69 Å². The minimum Gasteiger partial charge on any atom is -0.378 e. The molecule has 156 valence electrons. The van der Waals surface area contributed by atoms with Crippen LogP contribution in [0.2, 0.25) is 10.0 Å². The molecular formula is C19H24Cl2N6O2. The van der Waals surface area contributed by atoms with Crippen molar-refractivity contribution < 1.29 is 4.92 Å². The van der Waals surface area contributed by atoms with Gasteiger partial charge in [0.1, 0.15) is 5.69 Å². The fourth-order valence-corrected chi connectivity index (χ4v) is 4.12. The number of nitrogens with two attached hydrogens (primary N) is 2. The molecule has 1 aliphatic carbocycles. The normalized spacial score (nSPS) is 19.1. The van der Waals surface area contributed by atoms with Gasteiger partial charge in [0.2, 0.25) is 11.8 Å². The summed E-state index contributed by atoms with van der Waals surface area (Å²) in [5, 5.41) is 15.7. The average molecular weight is 439 g/mol. The maximum atomic E-state index is 11.5. The first-order chi connectivity index (χ1) is 13.9. The molecule has 8 nitrogen and oxygen atoms in total. The Hall–Kier alpha value is -2.16. The molecule has 0 radical (unpaired) electrons. The highest BCUT2D eigenvalue weighted by Gasteiger charge is 2.27. The Morgan fingerprint density at radius 3 is 2.52 bits per heavy atom. The van der Waals surface area contributed by atoms with Crippen molar-refractivity contribution in [2.24, 2.45) is 17.6 Å². The van der Waals surface area contributed by atoms with E-state index in [9.17, 15) is 10.1 Å². The zero-order valence-electron chi connectivity index (χ0n) is 15.9. The number of rotatable bonds is 7. The van der Waals surface area contributed by atoms with Crippen LogP contribution in [-0.4, -0.2) is 21.4 Å². The molecular weight excluding hydrogens is 415 g/mol. The molecule has 0 bridgehead atoms. The molecule has 1 aromatic heterocycles. The number of nitrogens with one attached hydrogen (secondary N) is 1. The second-order valence-corrected chi connectivity index (χ2v) is 8.24. The van der Waals surface area contributed by atoms with Gasteiger partial charge in [0.25, 0.3) is 0 Å². The Kier molecular flexibility index (Phi) is 7.10. The van der Waals surface area contributed by atoms with E-state index in [1.807, 2.05) is 0 Å². The minimum atomic E-state index is -0.506. The van der Waals surface area contributed by atoms with E-state index < -0.39 is 4.92 Å². The lowest BCUT2D eigenvalue weighted by molar-refractivity contribution is -0.385. The molecule has 1 heterocycles. The predicted octanol–water partition coefficient (Wildman–Crippen LogP) is 4.19. The maximum absolute atomic E-state index is 11.5. The fourth-order valence-electron chi connectivity index (χ4n) is 3.74. The van der Waals surface area contributed by atoms with Gasteiger partial charge in [0.15, 0.2) is 0 Å². The van der Waals surface area contributed by atoms with Gasteiger partial charge in [-0.25, -0.2) is 4.98 Å². The second-order valence-electron chi connectivity index (χ2n) is 7.40. The first-order valence-electron chi connectivity index (χ1n) is 9.56. The molecule has 1 aliphatic rings. The number of halogens is 2. The van der Waals surface area contributed by atoms with E-state index in [2.05, 4.69) is 15.3 Å². The highest BCUT2D eigenvalue weighted by molar-refractivity contribution is 6.33. The summed E-state index contributed by atoms with van der Waals surface area (Å²) >= 11 is 12.2. The Bertz CT molecular complexity index is 887. The summed E-state index contributed by atoms with van der Waals surface area (Å²) in [6.07, 6.45) is 4.52. The lowest BCUT2D eigenvalue weighted by Crippen LogP contribution is -2.23. The van der Waals surface area contributed by atoms with Crippen molar-refractivity contribution in [3.05, 3.63) is 49.6 Å². The third-order valence-corrected chi connectivity index (χ3v) is 6.00. The smallest absolute Gasteiger partial charge is 0.332 e. The summed E-state index contributed by atoms with van der Waals surface area (Å²) < 4.78 is 0. The predicted molar refractivity (Wildman–Crippen MR) is 115 cm³/mol. The maximum Gasteiger partial charge on any atom is 0.332 e. The molecule has 2 aromatic rings. The number of nitrogen functional groups attached to an aromatic ring is 1. The van der Waals surface area contributed by atoms with E-state index in [0.29, 0.717) is 47.1 Å². The van der Waals surface area contributed by atoms with Crippen LogP contribution in [0.1, 0.15) is 36.9 Å². The topological polar surface area (TPSA) is 133 Å². The van der Waals surface area contributed by atoms with Crippen LogP contribution in [0.5, 0.6) is 0 Å². The highest BCUT2D eigenvalue weighted by atomic mass is 35.5. The van der Waals surface area contributed by atoms with Crippen LogP contribution in [0.25, 0.3) is 0 Å². The molecule has 1 fully saturated rings. The summed E-state index contributed by atoms with van der Waals surface area (Å²) in [5.41, 5.74) is 12.6. The van der Waals surface area contributed by atoms with Gasteiger partial charge < -0.3 is 16.8 Å². The summed E-state index contributed by atoms with van der Waals surface area (Å²) in [7, 11) is 0. The monoisotopic (exact) mass is 438 g/mol. The molecule has 0 unspecified atom stereocenters. The third-order valence-electron chi connectivity index (χ3n) is 5.39. The van der Waals surface area contributed by atoms with Crippen LogP contribution >= 0.6 is 23.2 Å². The number of hydrogen-bond acceptors (Lipinski definition) is 7. The van der Waals surface area contributed by atoms with E-state index in [4.69, 9.17) is 34.7 Å². The van der Waals surface area contributed by atoms with Crippen LogP contribution in [0.15, 0.2) is 18.2 Å². The number of nitrogens with zero attached hydrogens (tertiary/aromatic N) is 3. The van der Waals surface area contributed by atoms with Gasteiger partial charge in [0.05, 0.1) is 4.92 Å². The average Bonchev–Trinajstić information content (AvgIpc) is 2.68. The third kappa shape index (κ3) is 5.46. The van der Waals surface area contributed by atoms with Crippen molar-refractivity contribution in [2.45, 2.75) is 38.6 Å². The Labute approximate surface area is 179 Å². The van der Waals surface area contributed by atoms with Crippen LogP contribution in [0.3, 0.4) is 0 Å². The first-order valence-corrected chi connectivity index (χ1v) is 10.3. The van der Waals surface area contributed by atoms with Crippen LogP contribution < -0.4 is 16.8 Å². The highest BCUT2D eigenvalue weighted by Crippen LogP contribution is 2.34. The van der Waals surface area contributed by atoms with Crippen LogP contribution in [0, 0.1) is 22.0 Å². The van der Waals surface area contributed by atoms with Gasteiger partial charge in [-0.05, 0) is 74.2 Å². The van der Waals surface area contributed by atoms with Crippen LogP contribution in [-0.2, 0) is 13.0 Å². The largest absolute Gasteiger partial charge is 0.378 e. The van der Waals surface area contributed by atoms with Gasteiger partial charge in [-0.3, -0.25) is 10.1 Å². The van der Waals surface area contributed by atoms with Crippen molar-refractivity contribution >= 4 is 40.7 Å². The summed E-state index contributed by atoms with van der Waals surface area (Å²) in [5.74, 6) is 0.947. The SMILES string of the molecule is NCC1CCC(Cc2nc(NCc3cc(Cl)ccc3Cl)nc(N)c2[N+](=O)[O-])CC1. The van der Waals surface area contributed by atoms with Gasteiger partial charge in [-0.1, -0.05) is 23.2 Å². The van der Waals surface area contributed by atoms with E-state index in [-0.39, 0.29) is 17.5 Å². The zero-order chi connectivity index (χ0) is 21.0. The molecule has 0 saturated heterocycles. The van der Waals surface area contributed by atoms with E-state index in [0.717, 1.165) is 31.2 Å². The van der Waals surface area contributed by atoms with Crippen LogP contribution in [0.4, 0.5) is 17.5 Å². The quantitative estimate of drug-likeness (QED) is 0.435. The van der Waals surface area contributed by atoms with Crippen molar-refractivity contribution in [2.75, 3.05) is 17.6 Å². The van der Waals surface area contributed by atoms with Gasteiger partial charge in [-0.2, -0.15) is 4.98 Å². The van der Waals surface area contributed by atoms with Crippen molar-refractivity contribution in [1.29, 1.82) is 0 Å². The Morgan fingerprint density at radius 2 is 1.86 bits per heavy atom. The fraction of sp³-hybridized carbons (Fsp3) is 0.474. The first kappa shape index (κ1) is 21.5. The van der Waals surface area contributed by atoms with E-state index in [1.54, 1.807) is 18.2 Å².